The van der Waals surface area contributed by atoms with Crippen molar-refractivity contribution in [3.63, 3.8) is 0 Å². The van der Waals surface area contributed by atoms with Crippen molar-refractivity contribution in [2.45, 2.75) is 14.9 Å². The fraction of sp³-hybridized carbons (Fsp3) is 0.158. The fourth-order valence-corrected chi connectivity index (χ4v) is 1.99. The van der Waals surface area contributed by atoms with E-state index in [0.29, 0.717) is 11.1 Å². The Morgan fingerprint density at radius 1 is 0.828 bits per heavy atom. The van der Waals surface area contributed by atoms with Gasteiger partial charge < -0.3 is 14.6 Å². The minimum Gasteiger partial charge on any atom is -0.478 e. The number of rotatable bonds is 2. The molecule has 0 fully saturated rings. The van der Waals surface area contributed by atoms with Crippen LogP contribution in [0.25, 0.3) is 0 Å². The van der Waals surface area contributed by atoms with E-state index in [1.165, 1.54) is 19.2 Å². The fourth-order valence-electron chi connectivity index (χ4n) is 1.99. The summed E-state index contributed by atoms with van der Waals surface area (Å²) in [7, 11) is 1.21. The van der Waals surface area contributed by atoms with E-state index in [-0.39, 0.29) is 83.9 Å². The van der Waals surface area contributed by atoms with Gasteiger partial charge in [-0.3, -0.25) is 0 Å². The first-order valence-electron chi connectivity index (χ1n) is 6.72. The molecule has 0 aromatic heterocycles. The van der Waals surface area contributed by atoms with Crippen molar-refractivity contribution in [1.29, 1.82) is 0 Å². The van der Waals surface area contributed by atoms with Gasteiger partial charge in [0.25, 0.3) is 0 Å². The van der Waals surface area contributed by atoms with Crippen molar-refractivity contribution >= 4 is 23.9 Å². The molecular weight excluding hydrogens is 617 g/mol. The summed E-state index contributed by atoms with van der Waals surface area (Å²) in [6, 6.07) is 12.4. The average Bonchev–Trinajstić information content (AvgIpc) is 2.89. The van der Waals surface area contributed by atoms with Gasteiger partial charge in [0, 0.05) is 0 Å². The second-order valence-electron chi connectivity index (χ2n) is 4.56. The number of carboxylic acid groups (broad SMARTS) is 1. The molecule has 0 atom stereocenters. The second-order valence-corrected chi connectivity index (χ2v) is 4.56. The topological polar surface area (TPSA) is 107 Å². The maximum absolute atomic E-state index is 11.1. The van der Waals surface area contributed by atoms with Crippen LogP contribution >= 0.6 is 0 Å². The van der Waals surface area contributed by atoms with Crippen LogP contribution in [0.15, 0.2) is 48.5 Å². The summed E-state index contributed by atoms with van der Waals surface area (Å²) >= 11 is 0. The molecule has 7 nitrogen and oxygen atoms in total. The molecule has 3 rings (SSSR count). The molecule has 0 spiro atoms. The third-order valence-corrected chi connectivity index (χ3v) is 3.12. The molecule has 0 bridgehead atoms. The van der Waals surface area contributed by atoms with E-state index in [4.69, 9.17) is 5.11 Å². The van der Waals surface area contributed by atoms with Crippen molar-refractivity contribution < 1.29 is 91.7 Å². The monoisotopic (exact) mass is 635 g/mol. The zero-order valence-electron chi connectivity index (χ0n) is 13.4. The Morgan fingerprint density at radius 3 is 1.59 bits per heavy atom. The number of fused-ring (bicyclic) bond motifs is 1. The molecule has 2 aromatic carbocycles. The van der Waals surface area contributed by atoms with Gasteiger partial charge in [-0.15, -0.1) is 0 Å². The first-order valence-corrected chi connectivity index (χ1v) is 6.72. The molecule has 0 amide bonds. The van der Waals surface area contributed by atoms with Gasteiger partial charge >= 0.3 is 81.8 Å². The maximum atomic E-state index is 11.1. The van der Waals surface area contributed by atoms with E-state index in [2.05, 4.69) is 9.47 Å². The van der Waals surface area contributed by atoms with Gasteiger partial charge in [-0.05, 0) is 24.3 Å². The standard InChI is InChI=1S/C9H8O4.C8H4O3.2CH4.Cu.2Pd/c1-13-9(12)7-5-3-2-4-6(7)8(10)11;9-7-5-3-1-2-4-6(5)8(10)11-7;;;;;/h2-5H,1H3,(H,10,11);1-4H;2*1H4;;;/q;;;;3*+2. The molecule has 1 heterocycles. The maximum Gasteiger partial charge on any atom is 2.00 e. The number of methoxy groups -OCH3 is 1. The molecule has 2 aromatic rings. The Balaban J connectivity index is -0.000000185. The van der Waals surface area contributed by atoms with Crippen LogP contribution in [0.5, 0.6) is 0 Å². The predicted octanol–water partition coefficient (Wildman–Crippen LogP) is 3.43. The van der Waals surface area contributed by atoms with Crippen LogP contribution in [0.3, 0.4) is 0 Å². The largest absolute Gasteiger partial charge is 2.00 e. The molecule has 1 aliphatic heterocycles. The van der Waals surface area contributed by atoms with Gasteiger partial charge in [-0.1, -0.05) is 39.1 Å². The average molecular weight is 637 g/mol. The Kier molecular flexibility index (Phi) is 19.5. The molecule has 29 heavy (non-hydrogen) atoms. The van der Waals surface area contributed by atoms with E-state index in [9.17, 15) is 19.2 Å². The smallest absolute Gasteiger partial charge is 0.478 e. The molecule has 1 radical (unpaired) electrons. The van der Waals surface area contributed by atoms with Crippen LogP contribution in [-0.2, 0) is 67.4 Å². The quantitative estimate of drug-likeness (QED) is 0.306. The Bertz CT molecular complexity index is 808. The van der Waals surface area contributed by atoms with E-state index >= 15 is 0 Å². The molecule has 0 aliphatic carbocycles. The van der Waals surface area contributed by atoms with Gasteiger partial charge in [0.2, 0.25) is 0 Å². The number of carboxylic acids is 1. The van der Waals surface area contributed by atoms with Crippen molar-refractivity contribution in [3.8, 4) is 0 Å². The minimum atomic E-state index is -1.14. The predicted molar refractivity (Wildman–Crippen MR) is 94.4 cm³/mol. The van der Waals surface area contributed by atoms with Crippen LogP contribution in [0.2, 0.25) is 0 Å². The van der Waals surface area contributed by atoms with Crippen LogP contribution in [0, 0.1) is 0 Å². The number of aromatic carboxylic acids is 1. The first kappa shape index (κ1) is 34.8. The van der Waals surface area contributed by atoms with E-state index in [1.807, 2.05) is 0 Å². The van der Waals surface area contributed by atoms with Crippen LogP contribution in [-0.4, -0.2) is 36.1 Å². The molecule has 10 heteroatoms. The molecule has 1 aliphatic rings. The molecular formula is C19H20CuO7Pd2+6. The van der Waals surface area contributed by atoms with Crippen LogP contribution in [0.1, 0.15) is 56.3 Å². The molecule has 1 N–H and O–H groups in total. The van der Waals surface area contributed by atoms with Crippen molar-refractivity contribution in [2.75, 3.05) is 7.11 Å². The van der Waals surface area contributed by atoms with Crippen molar-refractivity contribution in [3.05, 3.63) is 70.8 Å². The zero-order chi connectivity index (χ0) is 17.7. The number of carbonyl (C=O) groups excluding carboxylic acids is 3. The summed E-state index contributed by atoms with van der Waals surface area (Å²) < 4.78 is 8.78. The second kappa shape index (κ2) is 16.2. The summed E-state index contributed by atoms with van der Waals surface area (Å²) in [4.78, 5) is 43.4. The number of hydrogen-bond acceptors (Lipinski definition) is 6. The number of esters is 3. The van der Waals surface area contributed by atoms with Crippen LogP contribution < -0.4 is 0 Å². The summed E-state index contributed by atoms with van der Waals surface area (Å²) in [5.41, 5.74) is 0.738. The summed E-state index contributed by atoms with van der Waals surface area (Å²) in [5.74, 6) is -2.88. The Labute approximate surface area is 207 Å². The molecule has 0 saturated heterocycles. The third-order valence-electron chi connectivity index (χ3n) is 3.12. The number of carbonyl (C=O) groups is 4. The summed E-state index contributed by atoms with van der Waals surface area (Å²) in [6.07, 6.45) is 0. The number of ether oxygens (including phenoxy) is 2. The van der Waals surface area contributed by atoms with Crippen molar-refractivity contribution in [1.82, 2.24) is 0 Å². The molecule has 163 valence electrons. The van der Waals surface area contributed by atoms with Gasteiger partial charge in [0.15, 0.2) is 0 Å². The summed E-state index contributed by atoms with van der Waals surface area (Å²) in [5, 5.41) is 8.70. The summed E-state index contributed by atoms with van der Waals surface area (Å²) in [6.45, 7) is 0. The minimum absolute atomic E-state index is 0. The molecule has 0 saturated carbocycles. The van der Waals surface area contributed by atoms with E-state index < -0.39 is 23.9 Å². The van der Waals surface area contributed by atoms with Gasteiger partial charge in [-0.2, -0.15) is 0 Å². The number of hydrogen-bond donors (Lipinski definition) is 1. The van der Waals surface area contributed by atoms with E-state index in [0.717, 1.165) is 0 Å². The molecule has 0 unspecified atom stereocenters. The zero-order valence-corrected chi connectivity index (χ0v) is 17.5. The SMILES string of the molecule is C.C.COC(=O)c1ccccc1C(=O)O.O=C1OC(=O)c2ccccc21.[Cu+2].[Pd+2].[Pd+2]. The third kappa shape index (κ3) is 8.72. The Hall–Kier alpha value is -1.64. The number of benzene rings is 2. The van der Waals surface area contributed by atoms with Crippen LogP contribution in [0.4, 0.5) is 0 Å². The Morgan fingerprint density at radius 2 is 1.21 bits per heavy atom. The van der Waals surface area contributed by atoms with Crippen molar-refractivity contribution in [2.24, 2.45) is 0 Å². The first-order chi connectivity index (χ1) is 11.5. The normalized spacial score (nSPS) is 9.69. The van der Waals surface area contributed by atoms with Gasteiger partial charge in [0.05, 0.1) is 29.4 Å². The van der Waals surface area contributed by atoms with Gasteiger partial charge in [-0.25, -0.2) is 19.2 Å². The van der Waals surface area contributed by atoms with Gasteiger partial charge in [0.1, 0.15) is 0 Å². The van der Waals surface area contributed by atoms with E-state index in [1.54, 1.807) is 36.4 Å². The number of cyclic esters (lactones) is 2.